The number of amides is 1. The summed E-state index contributed by atoms with van der Waals surface area (Å²) in [4.78, 5) is 24.9. The Balaban J connectivity index is 2.37. The summed E-state index contributed by atoms with van der Waals surface area (Å²) in [7, 11) is -3.70. The number of likely N-dealkylation sites (tertiary alicyclic amines) is 1. The van der Waals surface area contributed by atoms with Gasteiger partial charge >= 0.3 is 5.97 Å². The Morgan fingerprint density at radius 2 is 2.10 bits per heavy atom. The van der Waals surface area contributed by atoms with Crippen LogP contribution in [0.3, 0.4) is 0 Å². The lowest BCUT2D eigenvalue weighted by Crippen LogP contribution is -2.44. The van der Waals surface area contributed by atoms with Gasteiger partial charge in [-0.1, -0.05) is 0 Å². The largest absolute Gasteiger partial charge is 0.466 e. The van der Waals surface area contributed by atoms with Gasteiger partial charge in [-0.2, -0.15) is 8.42 Å². The number of esters is 1. The molecule has 1 heterocycles. The number of nitrogens with two attached hydrogens (primary N) is 1. The summed E-state index contributed by atoms with van der Waals surface area (Å²) < 4.78 is 28.8. The number of hydrogen-bond donors (Lipinski definition) is 2. The smallest absolute Gasteiger partial charge is 0.306 e. The maximum atomic E-state index is 12.0. The molecule has 0 aromatic heterocycles. The minimum atomic E-state index is -3.70. The fourth-order valence-corrected chi connectivity index (χ4v) is 2.76. The van der Waals surface area contributed by atoms with Gasteiger partial charge in [0.15, 0.2) is 0 Å². The topological polar surface area (TPSA) is 119 Å². The zero-order valence-electron chi connectivity index (χ0n) is 12.2. The van der Waals surface area contributed by atoms with Crippen LogP contribution in [0.4, 0.5) is 0 Å². The molecule has 0 aliphatic carbocycles. The summed E-state index contributed by atoms with van der Waals surface area (Å²) in [6.45, 7) is 3.35. The third-order valence-corrected chi connectivity index (χ3v) is 3.86. The van der Waals surface area contributed by atoms with Crippen LogP contribution in [0, 0.1) is 5.92 Å². The molecule has 9 heteroatoms. The second-order valence-corrected chi connectivity index (χ2v) is 6.43. The lowest BCUT2D eigenvalue weighted by Gasteiger charge is -2.32. The van der Waals surface area contributed by atoms with Crippen molar-refractivity contribution >= 4 is 22.1 Å². The van der Waals surface area contributed by atoms with Crippen molar-refractivity contribution in [2.45, 2.75) is 32.6 Å². The molecular formula is C12H23N3O5S. The van der Waals surface area contributed by atoms with Crippen molar-refractivity contribution in [3.8, 4) is 0 Å². The van der Waals surface area contributed by atoms with Crippen LogP contribution in [-0.4, -0.2) is 51.4 Å². The lowest BCUT2D eigenvalue weighted by atomic mass is 9.98. The summed E-state index contributed by atoms with van der Waals surface area (Å²) in [5.41, 5.74) is 0. The zero-order chi connectivity index (χ0) is 15.9. The number of hydrogen-bond acceptors (Lipinski definition) is 5. The average Bonchev–Trinajstić information content (AvgIpc) is 2.42. The molecule has 1 aliphatic rings. The molecule has 1 rings (SSSR count). The molecule has 122 valence electrons. The second kappa shape index (κ2) is 8.30. The SMILES string of the molecule is CCOC(=O)CCC(=O)N1CCCC(CNS(N)(=O)=O)C1. The van der Waals surface area contributed by atoms with E-state index in [1.165, 1.54) is 0 Å². The number of rotatable bonds is 7. The average molecular weight is 321 g/mol. The molecule has 0 aromatic rings. The van der Waals surface area contributed by atoms with E-state index in [2.05, 4.69) is 4.72 Å². The first-order valence-electron chi connectivity index (χ1n) is 7.02. The number of carbonyl (C=O) groups is 2. The summed E-state index contributed by atoms with van der Waals surface area (Å²) in [5.74, 6) is -0.442. The molecule has 0 bridgehead atoms. The van der Waals surface area contributed by atoms with E-state index >= 15 is 0 Å². The summed E-state index contributed by atoms with van der Waals surface area (Å²) >= 11 is 0. The molecule has 0 radical (unpaired) electrons. The van der Waals surface area contributed by atoms with Crippen molar-refractivity contribution in [1.82, 2.24) is 9.62 Å². The Morgan fingerprint density at radius 1 is 1.38 bits per heavy atom. The Kier molecular flexibility index (Phi) is 7.06. The number of ether oxygens (including phenoxy) is 1. The van der Waals surface area contributed by atoms with E-state index in [4.69, 9.17) is 9.88 Å². The number of nitrogens with one attached hydrogen (secondary N) is 1. The Bertz CT molecular complexity index is 466. The highest BCUT2D eigenvalue weighted by atomic mass is 32.2. The fraction of sp³-hybridized carbons (Fsp3) is 0.833. The van der Waals surface area contributed by atoms with Gasteiger partial charge < -0.3 is 9.64 Å². The van der Waals surface area contributed by atoms with E-state index in [1.54, 1.807) is 11.8 Å². The summed E-state index contributed by atoms with van der Waals surface area (Å²) in [6.07, 6.45) is 1.84. The number of nitrogens with zero attached hydrogens (tertiary/aromatic N) is 1. The van der Waals surface area contributed by atoms with Gasteiger partial charge in [-0.15, -0.1) is 0 Å². The zero-order valence-corrected chi connectivity index (χ0v) is 13.0. The minimum absolute atomic E-state index is 0.0450. The maximum absolute atomic E-state index is 12.0. The van der Waals surface area contributed by atoms with Crippen molar-refractivity contribution in [2.75, 3.05) is 26.2 Å². The van der Waals surface area contributed by atoms with E-state index in [1.807, 2.05) is 0 Å². The highest BCUT2D eigenvalue weighted by molar-refractivity contribution is 7.87. The van der Waals surface area contributed by atoms with Crippen LogP contribution in [0.2, 0.25) is 0 Å². The van der Waals surface area contributed by atoms with Crippen LogP contribution in [0.25, 0.3) is 0 Å². The summed E-state index contributed by atoms with van der Waals surface area (Å²) in [6, 6.07) is 0. The van der Waals surface area contributed by atoms with Gasteiger partial charge in [0.1, 0.15) is 0 Å². The van der Waals surface area contributed by atoms with E-state index in [-0.39, 0.29) is 37.2 Å². The number of piperidine rings is 1. The van der Waals surface area contributed by atoms with Gasteiger partial charge in [0.25, 0.3) is 10.2 Å². The molecule has 0 saturated carbocycles. The molecule has 1 atom stereocenters. The molecule has 1 aliphatic heterocycles. The Morgan fingerprint density at radius 3 is 2.71 bits per heavy atom. The van der Waals surface area contributed by atoms with Gasteiger partial charge in [-0.05, 0) is 25.7 Å². The van der Waals surface area contributed by atoms with Gasteiger partial charge in [-0.3, -0.25) is 9.59 Å². The Hall–Kier alpha value is -1.19. The standard InChI is InChI=1S/C12H23N3O5S/c1-2-20-12(17)6-5-11(16)15-7-3-4-10(9-15)8-14-21(13,18)19/h10,14H,2-9H2,1H3,(H2,13,18,19). The minimum Gasteiger partial charge on any atom is -0.466 e. The molecule has 0 spiro atoms. The highest BCUT2D eigenvalue weighted by Gasteiger charge is 2.24. The van der Waals surface area contributed by atoms with Crippen LogP contribution in [0.1, 0.15) is 32.6 Å². The first kappa shape index (κ1) is 17.9. The molecule has 0 aromatic carbocycles. The molecule has 3 N–H and O–H groups in total. The molecule has 8 nitrogen and oxygen atoms in total. The summed E-state index contributed by atoms with van der Waals surface area (Å²) in [5, 5.41) is 4.89. The van der Waals surface area contributed by atoms with Gasteiger partial charge in [0.05, 0.1) is 13.0 Å². The van der Waals surface area contributed by atoms with Gasteiger partial charge in [0.2, 0.25) is 5.91 Å². The fourth-order valence-electron chi connectivity index (χ4n) is 2.29. The van der Waals surface area contributed by atoms with Crippen molar-refractivity contribution in [3.05, 3.63) is 0 Å². The molecule has 1 fully saturated rings. The van der Waals surface area contributed by atoms with E-state index in [0.29, 0.717) is 19.7 Å². The quantitative estimate of drug-likeness (QED) is 0.605. The van der Waals surface area contributed by atoms with Gasteiger partial charge in [0, 0.05) is 26.1 Å². The van der Waals surface area contributed by atoms with Crippen LogP contribution in [0.15, 0.2) is 0 Å². The first-order valence-corrected chi connectivity index (χ1v) is 8.57. The predicted octanol–water partition coefficient (Wildman–Crippen LogP) is -0.639. The maximum Gasteiger partial charge on any atom is 0.306 e. The van der Waals surface area contributed by atoms with Crippen LogP contribution in [-0.2, 0) is 24.5 Å². The van der Waals surface area contributed by atoms with Crippen LogP contribution >= 0.6 is 0 Å². The molecule has 1 saturated heterocycles. The van der Waals surface area contributed by atoms with E-state index in [0.717, 1.165) is 12.8 Å². The first-order chi connectivity index (χ1) is 9.81. The van der Waals surface area contributed by atoms with Crippen molar-refractivity contribution in [1.29, 1.82) is 0 Å². The Labute approximate surface area is 125 Å². The van der Waals surface area contributed by atoms with Crippen molar-refractivity contribution < 1.29 is 22.7 Å². The third kappa shape index (κ3) is 7.39. The van der Waals surface area contributed by atoms with Crippen LogP contribution < -0.4 is 9.86 Å². The molecular weight excluding hydrogens is 298 g/mol. The second-order valence-electron chi connectivity index (χ2n) is 5.05. The molecule has 1 amide bonds. The van der Waals surface area contributed by atoms with Gasteiger partial charge in [-0.25, -0.2) is 9.86 Å². The normalized spacial score (nSPS) is 19.3. The molecule has 1 unspecified atom stereocenters. The number of carbonyl (C=O) groups excluding carboxylic acids is 2. The highest BCUT2D eigenvalue weighted by Crippen LogP contribution is 2.17. The van der Waals surface area contributed by atoms with Crippen molar-refractivity contribution in [3.63, 3.8) is 0 Å². The predicted molar refractivity (Wildman–Crippen MR) is 76.3 cm³/mol. The van der Waals surface area contributed by atoms with Crippen molar-refractivity contribution in [2.24, 2.45) is 11.1 Å². The van der Waals surface area contributed by atoms with Crippen LogP contribution in [0.5, 0.6) is 0 Å². The lowest BCUT2D eigenvalue weighted by molar-refractivity contribution is -0.146. The van der Waals surface area contributed by atoms with E-state index < -0.39 is 10.2 Å². The third-order valence-electron chi connectivity index (χ3n) is 3.29. The van der Waals surface area contributed by atoms with E-state index in [9.17, 15) is 18.0 Å². The molecule has 21 heavy (non-hydrogen) atoms. The monoisotopic (exact) mass is 321 g/mol.